The van der Waals surface area contributed by atoms with Crippen molar-refractivity contribution in [2.24, 2.45) is 20.0 Å². The number of guanidine groups is 4. The Morgan fingerprint density at radius 3 is 0.787 bits per heavy atom. The molecule has 4 fully saturated rings. The molecule has 8 heterocycles. The Kier molecular flexibility index (Phi) is 22.1. The van der Waals surface area contributed by atoms with Crippen LogP contribution in [0.25, 0.3) is 21.3 Å². The number of hydrogen-bond donors (Lipinski definition) is 0. The molecule has 0 aliphatic carbocycles. The summed E-state index contributed by atoms with van der Waals surface area (Å²) in [6.45, 7) is 17.2. The van der Waals surface area contributed by atoms with E-state index in [1.165, 1.54) is 129 Å². The number of nitrogens with zero attached hydrogens (tertiary/aromatic N) is 12. The molecule has 0 atom stereocenters. The number of hydrogen-bond acceptors (Lipinski definition) is 8. The van der Waals surface area contributed by atoms with Gasteiger partial charge >= 0.3 is 42.1 Å². The van der Waals surface area contributed by atoms with Crippen LogP contribution in [0.1, 0.15) is 77.0 Å². The molecule has 47 heavy (non-hydrogen) atoms. The molecule has 263 valence electrons. The summed E-state index contributed by atoms with van der Waals surface area (Å²) in [7, 11) is 0. The van der Waals surface area contributed by atoms with Gasteiger partial charge in [0.2, 0.25) is 0 Å². The fourth-order valence-electron chi connectivity index (χ4n) is 6.38. The number of rotatable bonds is 0. The third kappa shape index (κ3) is 14.6. The van der Waals surface area contributed by atoms with E-state index < -0.39 is 0 Å². The molecule has 0 unspecified atom stereocenters. The third-order valence-electron chi connectivity index (χ3n) is 8.85. The number of fused-ring (bicyclic) bond motifs is 4. The second-order valence-electron chi connectivity index (χ2n) is 12.4. The van der Waals surface area contributed by atoms with Gasteiger partial charge in [0.05, 0.1) is 0 Å². The van der Waals surface area contributed by atoms with Crippen LogP contribution in [0, 0.1) is 0 Å². The minimum absolute atomic E-state index is 0. The van der Waals surface area contributed by atoms with Gasteiger partial charge < -0.3 is 73.2 Å². The molecule has 0 amide bonds. The average Bonchev–Trinajstić information content (AvgIpc) is 3.65. The van der Waals surface area contributed by atoms with Gasteiger partial charge in [-0.1, -0.05) is 0 Å². The molecular formula is C32H56ClMo2N12. The fraction of sp³-hybridized carbons (Fsp3) is 0.875. The zero-order valence-corrected chi connectivity index (χ0v) is 33.1. The molecule has 1 radical (unpaired) electrons. The molecule has 15 heteroatoms. The normalized spacial score (nSPS) is 23.1. The molecule has 4 saturated heterocycles. The van der Waals surface area contributed by atoms with Gasteiger partial charge in [-0.25, -0.2) is 0 Å². The molecule has 8 rings (SSSR count). The van der Waals surface area contributed by atoms with Gasteiger partial charge in [0.15, 0.2) is 0 Å². The molecule has 0 aromatic rings. The number of halogens is 1. The first-order valence-corrected chi connectivity index (χ1v) is 17.7. The standard InChI is InChI=1S/4C8H14N3.ClH.2Mo/c4*1-2-6-11-7-3-5-10-8(11)9-4-1;;;/h4*1-7H2;1H;;/q4*-1;;+2;+3/p-1. The van der Waals surface area contributed by atoms with Crippen LogP contribution in [-0.2, 0) is 42.1 Å². The van der Waals surface area contributed by atoms with Gasteiger partial charge in [-0.05, 0) is 182 Å². The van der Waals surface area contributed by atoms with Gasteiger partial charge in [0.25, 0.3) is 0 Å². The molecule has 12 nitrogen and oxygen atoms in total. The molecule has 0 spiro atoms. The van der Waals surface area contributed by atoms with E-state index in [0.29, 0.717) is 0 Å². The minimum Gasteiger partial charge on any atom is -1.00 e. The molecule has 0 bridgehead atoms. The van der Waals surface area contributed by atoms with E-state index in [9.17, 15) is 0 Å². The van der Waals surface area contributed by atoms with Crippen LogP contribution in [0.2, 0.25) is 0 Å². The van der Waals surface area contributed by atoms with E-state index in [0.717, 1.165) is 76.2 Å². The van der Waals surface area contributed by atoms with E-state index in [4.69, 9.17) is 0 Å². The van der Waals surface area contributed by atoms with E-state index >= 15 is 0 Å². The van der Waals surface area contributed by atoms with Crippen molar-refractivity contribution in [3.63, 3.8) is 0 Å². The Labute approximate surface area is 319 Å². The van der Waals surface area contributed by atoms with Crippen molar-refractivity contribution < 1.29 is 54.5 Å². The van der Waals surface area contributed by atoms with Crippen LogP contribution in [0.5, 0.6) is 0 Å². The van der Waals surface area contributed by atoms with Crippen molar-refractivity contribution in [3.05, 3.63) is 21.3 Å². The molecule has 0 saturated carbocycles. The second kappa shape index (κ2) is 24.8. The van der Waals surface area contributed by atoms with Crippen molar-refractivity contribution in [2.45, 2.75) is 77.0 Å². The Bertz CT molecular complexity index is 830. The quantitative estimate of drug-likeness (QED) is 0.347. The van der Waals surface area contributed by atoms with Gasteiger partial charge in [-0.3, -0.25) is 0 Å². The maximum atomic E-state index is 4.42. The summed E-state index contributed by atoms with van der Waals surface area (Å²) in [6.07, 6.45) is 14.9. The Morgan fingerprint density at radius 1 is 0.340 bits per heavy atom. The first-order chi connectivity index (χ1) is 21.9. The summed E-state index contributed by atoms with van der Waals surface area (Å²) in [4.78, 5) is 26.8. The summed E-state index contributed by atoms with van der Waals surface area (Å²) >= 11 is 0. The molecule has 0 aromatic heterocycles. The summed E-state index contributed by atoms with van der Waals surface area (Å²) in [5.41, 5.74) is 0. The fourth-order valence-corrected chi connectivity index (χ4v) is 6.38. The molecule has 0 aromatic carbocycles. The van der Waals surface area contributed by atoms with Crippen molar-refractivity contribution in [1.82, 2.24) is 19.6 Å². The Hall–Kier alpha value is -1.25. The van der Waals surface area contributed by atoms with Crippen molar-refractivity contribution in [2.75, 3.05) is 105 Å². The summed E-state index contributed by atoms with van der Waals surface area (Å²) in [6, 6.07) is 0. The second-order valence-corrected chi connectivity index (χ2v) is 12.4. The van der Waals surface area contributed by atoms with Crippen molar-refractivity contribution in [1.29, 1.82) is 0 Å². The van der Waals surface area contributed by atoms with Crippen molar-refractivity contribution in [3.8, 4) is 0 Å². The van der Waals surface area contributed by atoms with Crippen molar-refractivity contribution >= 4 is 23.8 Å². The first-order valence-electron chi connectivity index (χ1n) is 17.7. The summed E-state index contributed by atoms with van der Waals surface area (Å²) < 4.78 is 0. The molecular weight excluding hydrogens is 780 g/mol. The van der Waals surface area contributed by atoms with Crippen LogP contribution in [0.4, 0.5) is 0 Å². The first kappa shape index (κ1) is 41.9. The maximum absolute atomic E-state index is 4.42. The van der Waals surface area contributed by atoms with Gasteiger partial charge in [0.1, 0.15) is 0 Å². The van der Waals surface area contributed by atoms with E-state index in [1.807, 2.05) is 0 Å². The van der Waals surface area contributed by atoms with E-state index in [-0.39, 0.29) is 54.5 Å². The SMILES string of the molecule is C1CCN2CCCN=C2[N-]C1.C1CCN2CCCN=C2[N-]C1.C1CCN2CCCN=C2[N-]C1.C1CCN2CCCN=C2[N-]C1.[Cl-].[Mo+2].[Mo+3]. The van der Waals surface area contributed by atoms with Gasteiger partial charge in [-0.15, -0.1) is 0 Å². The van der Waals surface area contributed by atoms with E-state index in [2.05, 4.69) is 60.8 Å². The summed E-state index contributed by atoms with van der Waals surface area (Å²) in [5, 5.41) is 17.7. The van der Waals surface area contributed by atoms with Crippen LogP contribution in [0.15, 0.2) is 20.0 Å². The van der Waals surface area contributed by atoms with E-state index in [1.54, 1.807) is 0 Å². The van der Waals surface area contributed by atoms with Crippen LogP contribution >= 0.6 is 0 Å². The van der Waals surface area contributed by atoms with Crippen LogP contribution in [0.3, 0.4) is 0 Å². The monoisotopic (exact) mass is 839 g/mol. The zero-order valence-electron chi connectivity index (χ0n) is 28.4. The number of aliphatic imine (C=N–C) groups is 4. The van der Waals surface area contributed by atoms with Gasteiger partial charge in [-0.2, -0.15) is 0 Å². The Balaban J connectivity index is 0.000000213. The zero-order chi connectivity index (χ0) is 30.1. The molecule has 8 aliphatic heterocycles. The van der Waals surface area contributed by atoms with Crippen LogP contribution < -0.4 is 12.4 Å². The topological polar surface area (TPSA) is 119 Å². The Morgan fingerprint density at radius 2 is 0.553 bits per heavy atom. The largest absolute Gasteiger partial charge is 3.00 e. The smallest absolute Gasteiger partial charge is 1.00 e. The molecule has 8 aliphatic rings. The molecule has 0 N–H and O–H groups in total. The maximum Gasteiger partial charge on any atom is 3.00 e. The average molecular weight is 836 g/mol. The van der Waals surface area contributed by atoms with Gasteiger partial charge in [0, 0.05) is 23.8 Å². The predicted molar refractivity (Wildman–Crippen MR) is 184 cm³/mol. The predicted octanol–water partition coefficient (Wildman–Crippen LogP) is 1.86. The summed E-state index contributed by atoms with van der Waals surface area (Å²) in [5.74, 6) is 4.09. The third-order valence-corrected chi connectivity index (χ3v) is 8.85. The van der Waals surface area contributed by atoms with Crippen LogP contribution in [-0.4, -0.2) is 148 Å². The minimum atomic E-state index is 0.